The summed E-state index contributed by atoms with van der Waals surface area (Å²) < 4.78 is 42.7. The van der Waals surface area contributed by atoms with Crippen molar-refractivity contribution in [3.63, 3.8) is 0 Å². The molecule has 0 fully saturated rings. The quantitative estimate of drug-likeness (QED) is 0.578. The number of aromatic nitrogens is 3. The fourth-order valence-electron chi connectivity index (χ4n) is 2.88. The van der Waals surface area contributed by atoms with Crippen LogP contribution in [-0.4, -0.2) is 45.4 Å². The van der Waals surface area contributed by atoms with Gasteiger partial charge in [0.15, 0.2) is 0 Å². The third-order valence-corrected chi connectivity index (χ3v) is 4.70. The first-order valence-electron chi connectivity index (χ1n) is 9.20. The number of halogens is 3. The maximum Gasteiger partial charge on any atom is 0.411 e. The molecule has 1 atom stereocenters. The molecule has 0 radical (unpaired) electrons. The van der Waals surface area contributed by atoms with Crippen LogP contribution in [0.3, 0.4) is 0 Å². The van der Waals surface area contributed by atoms with Crippen LogP contribution in [0.5, 0.6) is 0 Å². The van der Waals surface area contributed by atoms with Gasteiger partial charge in [-0.15, -0.1) is 0 Å². The highest BCUT2D eigenvalue weighted by Gasteiger charge is 2.27. The van der Waals surface area contributed by atoms with E-state index in [4.69, 9.17) is 0 Å². The van der Waals surface area contributed by atoms with E-state index in [1.165, 1.54) is 6.33 Å². The molecule has 0 N–H and O–H groups in total. The second kappa shape index (κ2) is 9.08. The summed E-state index contributed by atoms with van der Waals surface area (Å²) in [5, 5.41) is 4.08. The van der Waals surface area contributed by atoms with Gasteiger partial charge in [-0.05, 0) is 42.3 Å². The SMILES string of the molecule is C[C@H](c1ccc(-n2cncn2)cc1)N(C)C(=O)c1ccc(COCC(F)(F)F)cc1. The summed E-state index contributed by atoms with van der Waals surface area (Å²) in [6, 6.07) is 13.8. The molecular formula is C21H21F3N4O2. The Bertz CT molecular complexity index is 955. The fraction of sp³-hybridized carbons (Fsp3) is 0.286. The zero-order chi connectivity index (χ0) is 21.7. The first-order chi connectivity index (χ1) is 14.2. The van der Waals surface area contributed by atoms with Gasteiger partial charge in [-0.2, -0.15) is 18.3 Å². The first-order valence-corrected chi connectivity index (χ1v) is 9.20. The van der Waals surface area contributed by atoms with Crippen molar-refractivity contribution in [2.45, 2.75) is 25.7 Å². The van der Waals surface area contributed by atoms with Gasteiger partial charge in [-0.25, -0.2) is 9.67 Å². The molecule has 158 valence electrons. The number of ether oxygens (including phenoxy) is 1. The van der Waals surface area contributed by atoms with Crippen LogP contribution in [0.1, 0.15) is 34.5 Å². The van der Waals surface area contributed by atoms with Crippen LogP contribution in [0.25, 0.3) is 5.69 Å². The number of hydrogen-bond acceptors (Lipinski definition) is 4. The van der Waals surface area contributed by atoms with Crippen molar-refractivity contribution in [1.29, 1.82) is 0 Å². The lowest BCUT2D eigenvalue weighted by Crippen LogP contribution is -2.29. The zero-order valence-electron chi connectivity index (χ0n) is 16.5. The standard InChI is InChI=1S/C21H21F3N4O2/c1-15(17-7-9-19(10-8-17)28-14-25-13-26-28)27(2)20(29)18-5-3-16(4-6-18)11-30-12-21(22,23)24/h3-10,13-15H,11-12H2,1-2H3/t15-/m1/s1. The predicted molar refractivity (Wildman–Crippen MR) is 104 cm³/mol. The Morgan fingerprint density at radius 1 is 1.13 bits per heavy atom. The molecule has 0 unspecified atom stereocenters. The molecule has 1 heterocycles. The molecule has 0 aliphatic carbocycles. The minimum absolute atomic E-state index is 0.168. The second-order valence-corrected chi connectivity index (χ2v) is 6.83. The third-order valence-electron chi connectivity index (χ3n) is 4.70. The van der Waals surface area contributed by atoms with Gasteiger partial charge in [0.25, 0.3) is 5.91 Å². The number of amides is 1. The monoisotopic (exact) mass is 418 g/mol. The van der Waals surface area contributed by atoms with Gasteiger partial charge in [-0.1, -0.05) is 24.3 Å². The summed E-state index contributed by atoms with van der Waals surface area (Å²) in [6.45, 7) is 0.448. The highest BCUT2D eigenvalue weighted by molar-refractivity contribution is 5.94. The summed E-state index contributed by atoms with van der Waals surface area (Å²) in [6.07, 6.45) is -1.30. The molecular weight excluding hydrogens is 397 g/mol. The summed E-state index contributed by atoms with van der Waals surface area (Å²) in [5.74, 6) is -0.189. The van der Waals surface area contributed by atoms with E-state index in [2.05, 4.69) is 14.8 Å². The van der Waals surface area contributed by atoms with Crippen molar-refractivity contribution >= 4 is 5.91 Å². The number of carbonyl (C=O) groups excluding carboxylic acids is 1. The Hall–Kier alpha value is -3.20. The van der Waals surface area contributed by atoms with Gasteiger partial charge in [0.1, 0.15) is 19.3 Å². The van der Waals surface area contributed by atoms with E-state index in [-0.39, 0.29) is 18.6 Å². The molecule has 0 saturated heterocycles. The van der Waals surface area contributed by atoms with Gasteiger partial charge < -0.3 is 9.64 Å². The van der Waals surface area contributed by atoms with E-state index in [0.29, 0.717) is 11.1 Å². The van der Waals surface area contributed by atoms with Gasteiger partial charge in [0.2, 0.25) is 0 Å². The number of nitrogens with zero attached hydrogens (tertiary/aromatic N) is 4. The Morgan fingerprint density at radius 2 is 1.80 bits per heavy atom. The number of alkyl halides is 3. The van der Waals surface area contributed by atoms with Crippen LogP contribution in [0.4, 0.5) is 13.2 Å². The zero-order valence-corrected chi connectivity index (χ0v) is 16.5. The topological polar surface area (TPSA) is 60.2 Å². The number of carbonyl (C=O) groups is 1. The number of hydrogen-bond donors (Lipinski definition) is 0. The predicted octanol–water partition coefficient (Wildman–Crippen LogP) is 4.18. The lowest BCUT2D eigenvalue weighted by Gasteiger charge is -2.25. The highest BCUT2D eigenvalue weighted by Crippen LogP contribution is 2.22. The van der Waals surface area contributed by atoms with Crippen LogP contribution < -0.4 is 0 Å². The van der Waals surface area contributed by atoms with Crippen molar-refractivity contribution in [3.8, 4) is 5.69 Å². The molecule has 3 aromatic rings. The molecule has 6 nitrogen and oxygen atoms in total. The molecule has 9 heteroatoms. The molecule has 0 spiro atoms. The smallest absolute Gasteiger partial charge is 0.367 e. The Labute approximate surface area is 171 Å². The molecule has 1 amide bonds. The molecule has 0 bridgehead atoms. The summed E-state index contributed by atoms with van der Waals surface area (Å²) >= 11 is 0. The van der Waals surface area contributed by atoms with Crippen LogP contribution in [0.15, 0.2) is 61.2 Å². The van der Waals surface area contributed by atoms with Crippen LogP contribution in [0, 0.1) is 0 Å². The Morgan fingerprint density at radius 3 is 2.37 bits per heavy atom. The van der Waals surface area contributed by atoms with E-state index in [0.717, 1.165) is 11.3 Å². The van der Waals surface area contributed by atoms with Crippen molar-refractivity contribution < 1.29 is 22.7 Å². The average molecular weight is 418 g/mol. The Kier molecular flexibility index (Phi) is 6.51. The summed E-state index contributed by atoms with van der Waals surface area (Å²) in [7, 11) is 1.71. The summed E-state index contributed by atoms with van der Waals surface area (Å²) in [5.41, 5.74) is 2.83. The minimum Gasteiger partial charge on any atom is -0.367 e. The van der Waals surface area contributed by atoms with E-state index in [1.807, 2.05) is 31.2 Å². The normalized spacial score (nSPS) is 12.6. The molecule has 0 saturated carbocycles. The Balaban J connectivity index is 1.61. The number of rotatable bonds is 7. The molecule has 30 heavy (non-hydrogen) atoms. The molecule has 2 aromatic carbocycles. The largest absolute Gasteiger partial charge is 0.411 e. The third kappa shape index (κ3) is 5.44. The van der Waals surface area contributed by atoms with Gasteiger partial charge in [0.05, 0.1) is 18.3 Å². The van der Waals surface area contributed by atoms with Crippen LogP contribution in [-0.2, 0) is 11.3 Å². The van der Waals surface area contributed by atoms with Crippen LogP contribution >= 0.6 is 0 Å². The van der Waals surface area contributed by atoms with Gasteiger partial charge >= 0.3 is 6.18 Å². The van der Waals surface area contributed by atoms with Gasteiger partial charge in [-0.3, -0.25) is 4.79 Å². The van der Waals surface area contributed by atoms with Crippen LogP contribution in [0.2, 0.25) is 0 Å². The minimum atomic E-state index is -4.36. The summed E-state index contributed by atoms with van der Waals surface area (Å²) in [4.78, 5) is 18.3. The fourth-order valence-corrected chi connectivity index (χ4v) is 2.88. The van der Waals surface area contributed by atoms with Crippen molar-refractivity contribution in [3.05, 3.63) is 77.9 Å². The average Bonchev–Trinajstić information content (AvgIpc) is 3.27. The van der Waals surface area contributed by atoms with Crippen molar-refractivity contribution in [2.75, 3.05) is 13.7 Å². The second-order valence-electron chi connectivity index (χ2n) is 6.83. The lowest BCUT2D eigenvalue weighted by molar-refractivity contribution is -0.176. The van der Waals surface area contributed by atoms with E-state index in [1.54, 1.807) is 47.2 Å². The maximum absolute atomic E-state index is 12.8. The van der Waals surface area contributed by atoms with Crippen molar-refractivity contribution in [2.24, 2.45) is 0 Å². The number of benzene rings is 2. The first kappa shape index (κ1) is 21.5. The van der Waals surface area contributed by atoms with E-state index in [9.17, 15) is 18.0 Å². The maximum atomic E-state index is 12.8. The lowest BCUT2D eigenvalue weighted by atomic mass is 10.1. The highest BCUT2D eigenvalue weighted by atomic mass is 19.4. The molecule has 3 rings (SSSR count). The molecule has 1 aromatic heterocycles. The molecule has 0 aliphatic heterocycles. The molecule has 0 aliphatic rings. The van der Waals surface area contributed by atoms with E-state index >= 15 is 0 Å². The van der Waals surface area contributed by atoms with Gasteiger partial charge in [0, 0.05) is 12.6 Å². The van der Waals surface area contributed by atoms with Crippen molar-refractivity contribution in [1.82, 2.24) is 19.7 Å². The van der Waals surface area contributed by atoms with E-state index < -0.39 is 12.8 Å².